The van der Waals surface area contributed by atoms with Crippen molar-refractivity contribution in [2.75, 3.05) is 0 Å². The maximum atomic E-state index is 11.9. The van der Waals surface area contributed by atoms with Gasteiger partial charge in [0.25, 0.3) is 11.8 Å². The number of hydrogen-bond acceptors (Lipinski definition) is 2. The molecule has 21 heavy (non-hydrogen) atoms. The molecule has 0 aliphatic carbocycles. The Hall–Kier alpha value is -1.56. The fourth-order valence-electron chi connectivity index (χ4n) is 1.58. The molecule has 0 aliphatic heterocycles. The molecule has 0 heterocycles. The van der Waals surface area contributed by atoms with E-state index in [2.05, 4.69) is 26.8 Å². The highest BCUT2D eigenvalue weighted by atomic mass is 79.9. The molecule has 0 unspecified atom stereocenters. The number of hydrazine groups is 1. The summed E-state index contributed by atoms with van der Waals surface area (Å²) in [6, 6.07) is 11.3. The number of benzene rings is 2. The largest absolute Gasteiger partial charge is 0.270 e. The van der Waals surface area contributed by atoms with Gasteiger partial charge in [-0.05, 0) is 46.3 Å². The SMILES string of the molecule is O=C(NNC(=O)c1ccccc1Br)c1cc(Cl)cc(Cl)c1. The summed E-state index contributed by atoms with van der Waals surface area (Å²) in [4.78, 5) is 23.8. The summed E-state index contributed by atoms with van der Waals surface area (Å²) >= 11 is 14.9. The molecule has 0 atom stereocenters. The van der Waals surface area contributed by atoms with E-state index >= 15 is 0 Å². The molecule has 0 aliphatic rings. The highest BCUT2D eigenvalue weighted by Gasteiger charge is 2.12. The maximum Gasteiger partial charge on any atom is 0.270 e. The molecule has 0 aromatic heterocycles. The molecule has 0 spiro atoms. The maximum absolute atomic E-state index is 11.9. The van der Waals surface area contributed by atoms with Gasteiger partial charge in [-0.3, -0.25) is 20.4 Å². The average molecular weight is 388 g/mol. The molecule has 2 aromatic rings. The summed E-state index contributed by atoms with van der Waals surface area (Å²) < 4.78 is 0.627. The van der Waals surface area contributed by atoms with E-state index in [1.165, 1.54) is 18.2 Å². The molecule has 2 amide bonds. The fraction of sp³-hybridized carbons (Fsp3) is 0. The van der Waals surface area contributed by atoms with Crippen LogP contribution < -0.4 is 10.9 Å². The lowest BCUT2D eigenvalue weighted by atomic mass is 10.2. The third kappa shape index (κ3) is 4.20. The number of hydrogen-bond donors (Lipinski definition) is 2. The summed E-state index contributed by atoms with van der Waals surface area (Å²) in [5, 5.41) is 0.676. The lowest BCUT2D eigenvalue weighted by Gasteiger charge is -2.09. The van der Waals surface area contributed by atoms with Crippen LogP contribution in [0.3, 0.4) is 0 Å². The highest BCUT2D eigenvalue weighted by Crippen LogP contribution is 2.19. The Morgan fingerprint density at radius 3 is 2.10 bits per heavy atom. The summed E-state index contributed by atoms with van der Waals surface area (Å²) in [6.45, 7) is 0. The van der Waals surface area contributed by atoms with E-state index < -0.39 is 11.8 Å². The van der Waals surface area contributed by atoms with Gasteiger partial charge in [0.15, 0.2) is 0 Å². The van der Waals surface area contributed by atoms with Crippen LogP contribution in [0.5, 0.6) is 0 Å². The molecule has 2 rings (SSSR count). The Morgan fingerprint density at radius 1 is 0.905 bits per heavy atom. The number of carbonyl (C=O) groups excluding carboxylic acids is 2. The van der Waals surface area contributed by atoms with Gasteiger partial charge in [0, 0.05) is 20.1 Å². The van der Waals surface area contributed by atoms with Gasteiger partial charge in [-0.2, -0.15) is 0 Å². The molecule has 2 aromatic carbocycles. The van der Waals surface area contributed by atoms with E-state index in [4.69, 9.17) is 23.2 Å². The predicted molar refractivity (Wildman–Crippen MR) is 85.5 cm³/mol. The van der Waals surface area contributed by atoms with E-state index in [-0.39, 0.29) is 5.56 Å². The quantitative estimate of drug-likeness (QED) is 0.769. The number of carbonyl (C=O) groups is 2. The van der Waals surface area contributed by atoms with Crippen LogP contribution in [0.25, 0.3) is 0 Å². The van der Waals surface area contributed by atoms with Crippen molar-refractivity contribution in [1.29, 1.82) is 0 Å². The second-order valence-electron chi connectivity index (χ2n) is 4.05. The van der Waals surface area contributed by atoms with Crippen molar-refractivity contribution in [3.8, 4) is 0 Å². The Bertz CT molecular complexity index is 687. The molecule has 0 fully saturated rings. The first-order valence-electron chi connectivity index (χ1n) is 5.78. The number of rotatable bonds is 2. The Kier molecular flexibility index (Phi) is 5.22. The fourth-order valence-corrected chi connectivity index (χ4v) is 2.57. The van der Waals surface area contributed by atoms with Crippen LogP contribution in [0.4, 0.5) is 0 Å². The Labute approximate surface area is 139 Å². The van der Waals surface area contributed by atoms with Crippen molar-refractivity contribution >= 4 is 50.9 Å². The van der Waals surface area contributed by atoms with Crippen molar-refractivity contribution in [2.45, 2.75) is 0 Å². The lowest BCUT2D eigenvalue weighted by molar-refractivity contribution is 0.0846. The number of amides is 2. The first-order valence-corrected chi connectivity index (χ1v) is 7.33. The molecular formula is C14H9BrCl2N2O2. The summed E-state index contributed by atoms with van der Waals surface area (Å²) in [6.07, 6.45) is 0. The zero-order valence-electron chi connectivity index (χ0n) is 10.5. The predicted octanol–water partition coefficient (Wildman–Crippen LogP) is 3.83. The summed E-state index contributed by atoms with van der Waals surface area (Å²) in [7, 11) is 0. The smallest absolute Gasteiger partial charge is 0.267 e. The van der Waals surface area contributed by atoms with Gasteiger partial charge in [0.1, 0.15) is 0 Å². The van der Waals surface area contributed by atoms with Crippen LogP contribution in [-0.2, 0) is 0 Å². The van der Waals surface area contributed by atoms with Gasteiger partial charge in [-0.15, -0.1) is 0 Å². The molecule has 0 saturated carbocycles. The van der Waals surface area contributed by atoms with Crippen molar-refractivity contribution in [3.63, 3.8) is 0 Å². The zero-order valence-corrected chi connectivity index (χ0v) is 13.6. The van der Waals surface area contributed by atoms with E-state index in [1.54, 1.807) is 24.3 Å². The van der Waals surface area contributed by atoms with Crippen LogP contribution in [0.2, 0.25) is 10.0 Å². The van der Waals surface area contributed by atoms with E-state index in [1.807, 2.05) is 0 Å². The topological polar surface area (TPSA) is 58.2 Å². The molecule has 0 bridgehead atoms. The first kappa shape index (κ1) is 15.8. The normalized spacial score (nSPS) is 10.0. The van der Waals surface area contributed by atoms with Crippen LogP contribution >= 0.6 is 39.1 Å². The third-order valence-corrected chi connectivity index (χ3v) is 3.66. The van der Waals surface area contributed by atoms with Crippen LogP contribution in [-0.4, -0.2) is 11.8 Å². The number of halogens is 3. The van der Waals surface area contributed by atoms with Gasteiger partial charge >= 0.3 is 0 Å². The molecule has 7 heteroatoms. The summed E-state index contributed by atoms with van der Waals surface area (Å²) in [5.74, 6) is -0.955. The van der Waals surface area contributed by atoms with Crippen molar-refractivity contribution in [3.05, 3.63) is 68.1 Å². The van der Waals surface area contributed by atoms with Crippen molar-refractivity contribution in [2.24, 2.45) is 0 Å². The molecule has 4 nitrogen and oxygen atoms in total. The van der Waals surface area contributed by atoms with Gasteiger partial charge in [-0.25, -0.2) is 0 Å². The van der Waals surface area contributed by atoms with Gasteiger partial charge in [0.05, 0.1) is 5.56 Å². The van der Waals surface area contributed by atoms with Gasteiger partial charge < -0.3 is 0 Å². The molecular weight excluding hydrogens is 379 g/mol. The Morgan fingerprint density at radius 2 is 1.48 bits per heavy atom. The second-order valence-corrected chi connectivity index (χ2v) is 5.77. The minimum absolute atomic E-state index is 0.250. The van der Waals surface area contributed by atoms with Crippen molar-refractivity contribution < 1.29 is 9.59 Å². The zero-order chi connectivity index (χ0) is 15.4. The molecule has 0 saturated heterocycles. The standard InChI is InChI=1S/C14H9BrCl2N2O2/c15-12-4-2-1-3-11(12)14(21)19-18-13(20)8-5-9(16)7-10(17)6-8/h1-7H,(H,18,20)(H,19,21). The highest BCUT2D eigenvalue weighted by molar-refractivity contribution is 9.10. The van der Waals surface area contributed by atoms with E-state index in [0.29, 0.717) is 20.1 Å². The summed E-state index contributed by atoms with van der Waals surface area (Å²) in [5.41, 5.74) is 5.28. The van der Waals surface area contributed by atoms with Crippen LogP contribution in [0.15, 0.2) is 46.9 Å². The number of nitrogens with one attached hydrogen (secondary N) is 2. The third-order valence-electron chi connectivity index (χ3n) is 2.53. The molecule has 2 N–H and O–H groups in total. The van der Waals surface area contributed by atoms with E-state index in [9.17, 15) is 9.59 Å². The molecule has 108 valence electrons. The minimum Gasteiger partial charge on any atom is -0.267 e. The monoisotopic (exact) mass is 386 g/mol. The van der Waals surface area contributed by atoms with E-state index in [0.717, 1.165) is 0 Å². The minimum atomic E-state index is -0.514. The van der Waals surface area contributed by atoms with Gasteiger partial charge in [0.2, 0.25) is 0 Å². The second kappa shape index (κ2) is 6.93. The van der Waals surface area contributed by atoms with Crippen LogP contribution in [0.1, 0.15) is 20.7 Å². The first-order chi connectivity index (χ1) is 9.97. The Balaban J connectivity index is 2.04. The molecule has 0 radical (unpaired) electrons. The van der Waals surface area contributed by atoms with Crippen LogP contribution in [0, 0.1) is 0 Å². The lowest BCUT2D eigenvalue weighted by Crippen LogP contribution is -2.41. The van der Waals surface area contributed by atoms with Crippen molar-refractivity contribution in [1.82, 2.24) is 10.9 Å². The van der Waals surface area contributed by atoms with Gasteiger partial charge in [-0.1, -0.05) is 35.3 Å². The average Bonchev–Trinajstić information content (AvgIpc) is 2.43.